The van der Waals surface area contributed by atoms with Crippen LogP contribution in [0.5, 0.6) is 0 Å². The molecule has 0 aliphatic carbocycles. The van der Waals surface area contributed by atoms with Crippen molar-refractivity contribution in [1.29, 1.82) is 0 Å². The Morgan fingerprint density at radius 3 is 2.84 bits per heavy atom. The molecule has 3 heterocycles. The molecule has 132 valence electrons. The van der Waals surface area contributed by atoms with Crippen molar-refractivity contribution >= 4 is 17.7 Å². The highest BCUT2D eigenvalue weighted by Crippen LogP contribution is 2.34. The Kier molecular flexibility index (Phi) is 5.34. The number of hydrogen-bond acceptors (Lipinski definition) is 5. The van der Waals surface area contributed by atoms with Gasteiger partial charge in [0.1, 0.15) is 11.4 Å². The van der Waals surface area contributed by atoms with Gasteiger partial charge in [0.2, 0.25) is 5.78 Å². The minimum Gasteiger partial charge on any atom is -0.440 e. The number of hydrogen-bond donors (Lipinski definition) is 0. The first-order valence-electron chi connectivity index (χ1n) is 8.71. The molecule has 0 aromatic carbocycles. The van der Waals surface area contributed by atoms with Gasteiger partial charge in [-0.1, -0.05) is 19.3 Å². The highest BCUT2D eigenvalue weighted by Gasteiger charge is 2.47. The van der Waals surface area contributed by atoms with Crippen LogP contribution in [-0.2, 0) is 14.3 Å². The largest absolute Gasteiger partial charge is 0.440 e. The average molecular weight is 342 g/mol. The highest BCUT2D eigenvalue weighted by molar-refractivity contribution is 5.96. The molecule has 0 atom stereocenters. The van der Waals surface area contributed by atoms with Crippen molar-refractivity contribution in [2.45, 2.75) is 44.6 Å². The molecule has 0 radical (unpaired) electrons. The van der Waals surface area contributed by atoms with Gasteiger partial charge in [-0.3, -0.25) is 9.69 Å². The van der Waals surface area contributed by atoms with Crippen LogP contribution >= 0.6 is 0 Å². The Hall–Kier alpha value is -2.39. The topological polar surface area (TPSA) is 68.7 Å². The molecule has 2 aliphatic rings. The molecule has 0 unspecified atom stereocenters. The van der Waals surface area contributed by atoms with Gasteiger partial charge in [0, 0.05) is 31.0 Å². The monoisotopic (exact) mass is 342 g/mol. The molecule has 1 aromatic rings. The zero-order valence-electron chi connectivity index (χ0n) is 14.4. The second-order valence-corrected chi connectivity index (χ2v) is 6.43. The number of ketones is 1. The van der Waals surface area contributed by atoms with Gasteiger partial charge >= 0.3 is 6.09 Å². The predicted molar refractivity (Wildman–Crippen MR) is 92.3 cm³/mol. The van der Waals surface area contributed by atoms with Crippen molar-refractivity contribution in [3.8, 4) is 11.8 Å². The average Bonchev–Trinajstić information content (AvgIpc) is 2.95. The van der Waals surface area contributed by atoms with Crippen LogP contribution in [0.25, 0.3) is 0 Å². The van der Waals surface area contributed by atoms with Crippen molar-refractivity contribution in [2.75, 3.05) is 24.7 Å². The van der Waals surface area contributed by atoms with Gasteiger partial charge in [-0.2, -0.15) is 0 Å². The van der Waals surface area contributed by atoms with Gasteiger partial charge in [0.25, 0.3) is 0 Å². The van der Waals surface area contributed by atoms with E-state index < -0.39 is 5.60 Å². The molecule has 0 N–H and O–H groups in total. The Bertz CT molecular complexity index is 696. The third-order valence-electron chi connectivity index (χ3n) is 4.50. The van der Waals surface area contributed by atoms with Gasteiger partial charge in [-0.05, 0) is 24.5 Å². The summed E-state index contributed by atoms with van der Waals surface area (Å²) in [6.45, 7) is 3.74. The van der Waals surface area contributed by atoms with Crippen molar-refractivity contribution in [3.05, 3.63) is 23.9 Å². The zero-order chi connectivity index (χ0) is 17.7. The lowest BCUT2D eigenvalue weighted by Gasteiger charge is -2.30. The maximum absolute atomic E-state index is 12.2. The number of unbranched alkanes of at least 4 members (excludes halogenated alkanes) is 1. The number of amides is 1. The Labute approximate surface area is 147 Å². The molecule has 0 bridgehead atoms. The minimum absolute atomic E-state index is 0.0597. The highest BCUT2D eigenvalue weighted by atomic mass is 16.6. The van der Waals surface area contributed by atoms with Crippen LogP contribution in [-0.4, -0.2) is 42.2 Å². The Balaban J connectivity index is 1.65. The third kappa shape index (κ3) is 4.18. The van der Waals surface area contributed by atoms with Crippen LogP contribution in [0.3, 0.4) is 0 Å². The number of nitrogens with zero attached hydrogens (tertiary/aromatic N) is 2. The van der Waals surface area contributed by atoms with Crippen LogP contribution in [0, 0.1) is 11.8 Å². The lowest BCUT2D eigenvalue weighted by Crippen LogP contribution is -2.40. The van der Waals surface area contributed by atoms with Gasteiger partial charge in [0.15, 0.2) is 0 Å². The van der Waals surface area contributed by atoms with Crippen LogP contribution in [0.1, 0.15) is 44.6 Å². The third-order valence-corrected chi connectivity index (χ3v) is 4.50. The molecule has 25 heavy (non-hydrogen) atoms. The summed E-state index contributed by atoms with van der Waals surface area (Å²) in [5, 5.41) is 0. The summed E-state index contributed by atoms with van der Waals surface area (Å²) in [7, 11) is 0. The van der Waals surface area contributed by atoms with Crippen molar-refractivity contribution in [2.24, 2.45) is 0 Å². The summed E-state index contributed by atoms with van der Waals surface area (Å²) in [6, 6.07) is 3.50. The van der Waals surface area contributed by atoms with E-state index in [0.717, 1.165) is 12.8 Å². The number of anilines is 1. The van der Waals surface area contributed by atoms with E-state index in [0.29, 0.717) is 50.4 Å². The molecular formula is C19H22N2O4. The lowest BCUT2D eigenvalue weighted by molar-refractivity contribution is -0.113. The second-order valence-electron chi connectivity index (χ2n) is 6.43. The van der Waals surface area contributed by atoms with Crippen LogP contribution in [0.15, 0.2) is 18.3 Å². The van der Waals surface area contributed by atoms with E-state index in [1.165, 1.54) is 0 Å². The van der Waals surface area contributed by atoms with E-state index in [4.69, 9.17) is 9.47 Å². The van der Waals surface area contributed by atoms with Crippen LogP contribution in [0.2, 0.25) is 0 Å². The molecule has 6 heteroatoms. The number of rotatable bonds is 4. The molecule has 2 saturated heterocycles. The maximum Gasteiger partial charge on any atom is 0.416 e. The molecule has 0 saturated carbocycles. The maximum atomic E-state index is 12.2. The summed E-state index contributed by atoms with van der Waals surface area (Å²) < 4.78 is 10.9. The summed E-state index contributed by atoms with van der Waals surface area (Å²) >= 11 is 0. The van der Waals surface area contributed by atoms with E-state index in [9.17, 15) is 9.59 Å². The van der Waals surface area contributed by atoms with Crippen molar-refractivity contribution < 1.29 is 19.1 Å². The van der Waals surface area contributed by atoms with Crippen molar-refractivity contribution in [1.82, 2.24) is 4.98 Å². The molecule has 2 fully saturated rings. The minimum atomic E-state index is -0.457. The number of ether oxygens (including phenoxy) is 2. The fourth-order valence-corrected chi connectivity index (χ4v) is 2.96. The second kappa shape index (κ2) is 7.66. The van der Waals surface area contributed by atoms with E-state index in [-0.39, 0.29) is 11.9 Å². The number of pyridine rings is 1. The first-order valence-corrected chi connectivity index (χ1v) is 8.71. The lowest BCUT2D eigenvalue weighted by atomic mass is 9.94. The van der Waals surface area contributed by atoms with E-state index >= 15 is 0 Å². The van der Waals surface area contributed by atoms with Gasteiger partial charge in [-0.25, -0.2) is 9.78 Å². The summed E-state index contributed by atoms with van der Waals surface area (Å²) in [4.78, 5) is 29.7. The molecule has 2 aliphatic heterocycles. The summed E-state index contributed by atoms with van der Waals surface area (Å²) in [5.41, 5.74) is 0.197. The standard InChI is InChI=1S/C19H22N2O4/c1-2-3-4-16(22)7-5-15-6-8-17(20-13-15)21-14-19(25-18(21)23)9-11-24-12-10-19/h6,8,13H,2-4,9-12,14H2,1H3. The molecule has 3 rings (SSSR count). The first-order chi connectivity index (χ1) is 12.1. The SMILES string of the molecule is CCCCC(=O)C#Cc1ccc(N2CC3(CCOCC3)OC2=O)nc1. The van der Waals surface area contributed by atoms with E-state index in [2.05, 4.69) is 16.8 Å². The number of carbonyl (C=O) groups is 2. The normalized spacial score (nSPS) is 18.6. The zero-order valence-corrected chi connectivity index (χ0v) is 14.4. The van der Waals surface area contributed by atoms with Gasteiger partial charge < -0.3 is 9.47 Å². The van der Waals surface area contributed by atoms with Gasteiger partial charge in [-0.15, -0.1) is 0 Å². The molecule has 6 nitrogen and oxygen atoms in total. The van der Waals surface area contributed by atoms with E-state index in [1.807, 2.05) is 6.92 Å². The summed E-state index contributed by atoms with van der Waals surface area (Å²) in [6.07, 6.45) is 4.94. The van der Waals surface area contributed by atoms with Crippen LogP contribution < -0.4 is 4.90 Å². The number of Topliss-reactive ketones (excluding diaryl/α,β-unsaturated/α-hetero) is 1. The molecule has 1 spiro atoms. The first kappa shape index (κ1) is 17.4. The van der Waals surface area contributed by atoms with E-state index in [1.54, 1.807) is 23.2 Å². The molecular weight excluding hydrogens is 320 g/mol. The van der Waals surface area contributed by atoms with Crippen molar-refractivity contribution in [3.63, 3.8) is 0 Å². The molecule has 1 amide bonds. The Morgan fingerprint density at radius 1 is 1.36 bits per heavy atom. The van der Waals surface area contributed by atoms with Gasteiger partial charge in [0.05, 0.1) is 19.8 Å². The number of aromatic nitrogens is 1. The summed E-state index contributed by atoms with van der Waals surface area (Å²) in [5.74, 6) is 5.93. The Morgan fingerprint density at radius 2 is 2.16 bits per heavy atom. The fourth-order valence-electron chi connectivity index (χ4n) is 2.96. The quantitative estimate of drug-likeness (QED) is 0.787. The fraction of sp³-hybridized carbons (Fsp3) is 0.526. The number of carbonyl (C=O) groups excluding carboxylic acids is 2. The van der Waals surface area contributed by atoms with Crippen LogP contribution in [0.4, 0.5) is 10.6 Å². The molecule has 1 aromatic heterocycles. The predicted octanol–water partition coefficient (Wildman–Crippen LogP) is 2.70. The smallest absolute Gasteiger partial charge is 0.416 e.